The number of methoxy groups -OCH3 is 2. The maximum atomic E-state index is 5.97. The standard InChI is InChI=1S/C34H41N3O5/c1-38-32-12-6-8-27(21-32)14-17-40-18-19-41-25-30-26-42-34(35-30)37(24-29-10-7-13-33(22-29)39-2)23-28-9-5-11-31(20-28)36-15-3-4-16-36/h5-13,20-22,26H,3-4,14-19,23-25H2,1-2H3. The van der Waals surface area contributed by atoms with Crippen LogP contribution in [-0.2, 0) is 35.6 Å². The van der Waals surface area contributed by atoms with Crippen molar-refractivity contribution < 1.29 is 23.4 Å². The van der Waals surface area contributed by atoms with Crippen molar-refractivity contribution in [1.29, 1.82) is 0 Å². The zero-order chi connectivity index (χ0) is 29.0. The van der Waals surface area contributed by atoms with Gasteiger partial charge in [-0.3, -0.25) is 0 Å². The summed E-state index contributed by atoms with van der Waals surface area (Å²) in [5, 5.41) is 0. The molecule has 1 aliphatic heterocycles. The van der Waals surface area contributed by atoms with Gasteiger partial charge < -0.3 is 33.2 Å². The molecule has 0 N–H and O–H groups in total. The molecule has 8 nitrogen and oxygen atoms in total. The average molecular weight is 572 g/mol. The van der Waals surface area contributed by atoms with Crippen LogP contribution in [0.3, 0.4) is 0 Å². The molecule has 0 atom stereocenters. The van der Waals surface area contributed by atoms with Crippen LogP contribution in [0.1, 0.15) is 35.2 Å². The highest BCUT2D eigenvalue weighted by Crippen LogP contribution is 2.25. The highest BCUT2D eigenvalue weighted by Gasteiger charge is 2.17. The Hall–Kier alpha value is -4.01. The highest BCUT2D eigenvalue weighted by atomic mass is 16.5. The number of rotatable bonds is 16. The Labute approximate surface area is 248 Å². The number of hydrogen-bond acceptors (Lipinski definition) is 8. The van der Waals surface area contributed by atoms with E-state index in [1.807, 2.05) is 30.3 Å². The second-order valence-electron chi connectivity index (χ2n) is 10.5. The first kappa shape index (κ1) is 29.5. The van der Waals surface area contributed by atoms with Gasteiger partial charge in [0.25, 0.3) is 6.01 Å². The lowest BCUT2D eigenvalue weighted by Crippen LogP contribution is -2.23. The zero-order valence-electron chi connectivity index (χ0n) is 24.7. The van der Waals surface area contributed by atoms with Gasteiger partial charge in [0.1, 0.15) is 23.5 Å². The quantitative estimate of drug-likeness (QED) is 0.146. The van der Waals surface area contributed by atoms with Crippen molar-refractivity contribution in [3.63, 3.8) is 0 Å². The van der Waals surface area contributed by atoms with Gasteiger partial charge in [0.15, 0.2) is 0 Å². The minimum Gasteiger partial charge on any atom is -0.497 e. The molecule has 1 fully saturated rings. The molecule has 1 aromatic heterocycles. The lowest BCUT2D eigenvalue weighted by molar-refractivity contribution is 0.0405. The molecule has 1 aliphatic rings. The fourth-order valence-corrected chi connectivity index (χ4v) is 5.15. The summed E-state index contributed by atoms with van der Waals surface area (Å²) in [6.07, 6.45) is 5.01. The average Bonchev–Trinajstić information content (AvgIpc) is 3.74. The molecule has 0 amide bonds. The summed E-state index contributed by atoms with van der Waals surface area (Å²) in [5.41, 5.74) is 5.55. The Kier molecular flexibility index (Phi) is 10.7. The van der Waals surface area contributed by atoms with E-state index in [1.165, 1.54) is 29.7 Å². The van der Waals surface area contributed by atoms with Gasteiger partial charge in [0, 0.05) is 31.9 Å². The fourth-order valence-electron chi connectivity index (χ4n) is 5.15. The van der Waals surface area contributed by atoms with Crippen molar-refractivity contribution in [1.82, 2.24) is 4.98 Å². The molecular formula is C34H41N3O5. The van der Waals surface area contributed by atoms with Crippen LogP contribution in [0.15, 0.2) is 83.5 Å². The molecule has 222 valence electrons. The lowest BCUT2D eigenvalue weighted by Gasteiger charge is -2.23. The Morgan fingerprint density at radius 2 is 1.40 bits per heavy atom. The topological polar surface area (TPSA) is 69.4 Å². The van der Waals surface area contributed by atoms with Crippen molar-refractivity contribution in [2.45, 2.75) is 39.0 Å². The molecule has 1 saturated heterocycles. The van der Waals surface area contributed by atoms with E-state index in [1.54, 1.807) is 20.5 Å². The van der Waals surface area contributed by atoms with E-state index in [2.05, 4.69) is 52.3 Å². The fraction of sp³-hybridized carbons (Fsp3) is 0.382. The monoisotopic (exact) mass is 571 g/mol. The number of anilines is 2. The summed E-state index contributed by atoms with van der Waals surface area (Å²) in [6, 6.07) is 25.5. The number of aromatic nitrogens is 1. The molecule has 2 heterocycles. The zero-order valence-corrected chi connectivity index (χ0v) is 24.7. The molecule has 0 radical (unpaired) electrons. The van der Waals surface area contributed by atoms with Gasteiger partial charge in [0.05, 0.1) is 40.6 Å². The normalized spacial score (nSPS) is 13.0. The van der Waals surface area contributed by atoms with Gasteiger partial charge in [-0.25, -0.2) is 0 Å². The molecule has 0 unspecified atom stereocenters. The predicted octanol–water partition coefficient (Wildman–Crippen LogP) is 6.27. The second-order valence-corrected chi connectivity index (χ2v) is 10.5. The minimum atomic E-state index is 0.361. The summed E-state index contributed by atoms with van der Waals surface area (Å²) in [7, 11) is 3.37. The predicted molar refractivity (Wildman–Crippen MR) is 164 cm³/mol. The maximum absolute atomic E-state index is 5.97. The van der Waals surface area contributed by atoms with Gasteiger partial charge in [-0.2, -0.15) is 4.98 Å². The second kappa shape index (κ2) is 15.3. The van der Waals surface area contributed by atoms with Gasteiger partial charge in [0.2, 0.25) is 0 Å². The van der Waals surface area contributed by atoms with Crippen molar-refractivity contribution >= 4 is 11.7 Å². The first-order valence-electron chi connectivity index (χ1n) is 14.6. The van der Waals surface area contributed by atoms with Crippen LogP contribution in [0.5, 0.6) is 11.5 Å². The van der Waals surface area contributed by atoms with Crippen molar-refractivity contribution in [2.75, 3.05) is 56.9 Å². The van der Waals surface area contributed by atoms with E-state index in [-0.39, 0.29) is 0 Å². The van der Waals surface area contributed by atoms with Crippen LogP contribution < -0.4 is 19.3 Å². The SMILES string of the molecule is COc1cccc(CCOCCOCc2coc(N(Cc3cccc(OC)c3)Cc3cccc(N4CCCC4)c3)n2)c1. The van der Waals surface area contributed by atoms with Crippen LogP contribution in [0.2, 0.25) is 0 Å². The lowest BCUT2D eigenvalue weighted by atomic mass is 10.1. The molecular weight excluding hydrogens is 530 g/mol. The number of benzene rings is 3. The molecule has 0 aliphatic carbocycles. The van der Waals surface area contributed by atoms with E-state index >= 15 is 0 Å². The van der Waals surface area contributed by atoms with Crippen molar-refractivity contribution in [3.8, 4) is 11.5 Å². The first-order chi connectivity index (χ1) is 20.7. The van der Waals surface area contributed by atoms with E-state index in [0.29, 0.717) is 45.5 Å². The van der Waals surface area contributed by atoms with Crippen molar-refractivity contribution in [2.24, 2.45) is 0 Å². The highest BCUT2D eigenvalue weighted by molar-refractivity contribution is 5.50. The van der Waals surface area contributed by atoms with Crippen LogP contribution in [-0.4, -0.2) is 52.1 Å². The third kappa shape index (κ3) is 8.50. The summed E-state index contributed by atoms with van der Waals surface area (Å²) in [4.78, 5) is 9.39. The largest absolute Gasteiger partial charge is 0.497 e. The molecule has 42 heavy (non-hydrogen) atoms. The van der Waals surface area contributed by atoms with Gasteiger partial charge >= 0.3 is 0 Å². The molecule has 0 bridgehead atoms. The summed E-state index contributed by atoms with van der Waals surface area (Å²) >= 11 is 0. The van der Waals surface area contributed by atoms with E-state index in [4.69, 9.17) is 28.3 Å². The number of ether oxygens (including phenoxy) is 4. The Bertz CT molecular complexity index is 1380. The summed E-state index contributed by atoms with van der Waals surface area (Å²) in [5.74, 6) is 1.69. The molecule has 8 heteroatoms. The number of oxazole rings is 1. The van der Waals surface area contributed by atoms with E-state index in [0.717, 1.165) is 42.3 Å². The van der Waals surface area contributed by atoms with Gasteiger partial charge in [-0.15, -0.1) is 0 Å². The van der Waals surface area contributed by atoms with Crippen LogP contribution in [0.4, 0.5) is 11.7 Å². The van der Waals surface area contributed by atoms with Crippen LogP contribution >= 0.6 is 0 Å². The Morgan fingerprint density at radius 3 is 2.14 bits per heavy atom. The number of nitrogens with zero attached hydrogens (tertiary/aromatic N) is 3. The smallest absolute Gasteiger partial charge is 0.298 e. The molecule has 0 saturated carbocycles. The van der Waals surface area contributed by atoms with E-state index in [9.17, 15) is 0 Å². The van der Waals surface area contributed by atoms with Gasteiger partial charge in [-0.05, 0) is 72.4 Å². The number of hydrogen-bond donors (Lipinski definition) is 0. The Morgan fingerprint density at radius 1 is 0.762 bits per heavy atom. The molecule has 4 aromatic rings. The van der Waals surface area contributed by atoms with Crippen LogP contribution in [0, 0.1) is 0 Å². The van der Waals surface area contributed by atoms with E-state index < -0.39 is 0 Å². The third-order valence-corrected chi connectivity index (χ3v) is 7.36. The first-order valence-corrected chi connectivity index (χ1v) is 14.6. The summed E-state index contributed by atoms with van der Waals surface area (Å²) < 4.78 is 28.3. The van der Waals surface area contributed by atoms with Crippen LogP contribution in [0.25, 0.3) is 0 Å². The molecule has 5 rings (SSSR count). The molecule has 0 spiro atoms. The van der Waals surface area contributed by atoms with Crippen molar-refractivity contribution in [3.05, 3.63) is 101 Å². The third-order valence-electron chi connectivity index (χ3n) is 7.36. The minimum absolute atomic E-state index is 0.361. The maximum Gasteiger partial charge on any atom is 0.298 e. The summed E-state index contributed by atoms with van der Waals surface area (Å²) in [6.45, 7) is 5.53. The Balaban J connectivity index is 1.16. The molecule has 3 aromatic carbocycles. The van der Waals surface area contributed by atoms with Gasteiger partial charge in [-0.1, -0.05) is 36.4 Å².